The number of hydrogen-bond donors (Lipinski definition) is 0. The zero-order valence-corrected chi connectivity index (χ0v) is 16.9. The first kappa shape index (κ1) is 18.7. The third-order valence-electron chi connectivity index (χ3n) is 6.44. The summed E-state index contributed by atoms with van der Waals surface area (Å²) < 4.78 is 11.5. The summed E-state index contributed by atoms with van der Waals surface area (Å²) in [5.74, 6) is 2.21. The van der Waals surface area contributed by atoms with Gasteiger partial charge in [-0.15, -0.1) is 0 Å². The van der Waals surface area contributed by atoms with Crippen molar-refractivity contribution in [3.8, 4) is 0 Å². The van der Waals surface area contributed by atoms with E-state index < -0.39 is 0 Å². The number of nitrogens with zero attached hydrogens (tertiary/aromatic N) is 3. The third-order valence-corrected chi connectivity index (χ3v) is 6.44. The van der Waals surface area contributed by atoms with Gasteiger partial charge in [0.05, 0.1) is 6.54 Å². The zero-order chi connectivity index (χ0) is 19.6. The molecule has 1 aromatic heterocycles. The van der Waals surface area contributed by atoms with Crippen molar-refractivity contribution in [1.29, 1.82) is 0 Å². The number of rotatable bonds is 3. The van der Waals surface area contributed by atoms with Crippen LogP contribution in [0.15, 0.2) is 28.7 Å². The average molecular weight is 396 g/mol. The number of carbonyl (C=O) groups is 1. The molecule has 29 heavy (non-hydrogen) atoms. The molecule has 2 fully saturated rings. The second kappa shape index (κ2) is 8.19. The van der Waals surface area contributed by atoms with E-state index >= 15 is 0 Å². The van der Waals surface area contributed by atoms with Gasteiger partial charge in [0.2, 0.25) is 0 Å². The van der Waals surface area contributed by atoms with Crippen molar-refractivity contribution >= 4 is 11.6 Å². The third kappa shape index (κ3) is 3.90. The maximum absolute atomic E-state index is 13.0. The molecular weight excluding hydrogens is 366 g/mol. The summed E-state index contributed by atoms with van der Waals surface area (Å²) in [7, 11) is 0. The van der Waals surface area contributed by atoms with Gasteiger partial charge in [-0.2, -0.15) is 0 Å². The zero-order valence-electron chi connectivity index (χ0n) is 16.9. The van der Waals surface area contributed by atoms with Crippen LogP contribution in [0.2, 0.25) is 0 Å². The summed E-state index contributed by atoms with van der Waals surface area (Å²) in [6.07, 6.45) is 6.50. The lowest BCUT2D eigenvalue weighted by Crippen LogP contribution is -2.36. The van der Waals surface area contributed by atoms with Gasteiger partial charge < -0.3 is 19.0 Å². The quantitative estimate of drug-likeness (QED) is 0.792. The second-order valence-corrected chi connectivity index (χ2v) is 8.38. The fraction of sp³-hybridized carbons (Fsp3) is 0.565. The monoisotopic (exact) mass is 395 g/mol. The summed E-state index contributed by atoms with van der Waals surface area (Å²) in [5, 5.41) is 0. The summed E-state index contributed by atoms with van der Waals surface area (Å²) in [5.41, 5.74) is 2.90. The number of ether oxygens (including phenoxy) is 1. The Hall–Kier alpha value is -2.34. The number of amides is 1. The van der Waals surface area contributed by atoms with Crippen LogP contribution in [0.4, 0.5) is 5.69 Å². The number of anilines is 1. The Balaban J connectivity index is 1.26. The molecule has 0 bridgehead atoms. The van der Waals surface area contributed by atoms with Crippen molar-refractivity contribution in [1.82, 2.24) is 9.88 Å². The van der Waals surface area contributed by atoms with Gasteiger partial charge in [0, 0.05) is 56.4 Å². The molecule has 0 spiro atoms. The molecule has 0 radical (unpaired) electrons. The molecule has 5 rings (SSSR count). The standard InChI is InChI=1S/C23H29N3O3/c27-23(18-4-6-19(7-5-18)25-11-2-1-3-12-25)26-13-8-21-20(16-26)24-22(29-21)17-9-14-28-15-10-17/h4-7,17H,1-3,8-16H2. The van der Waals surface area contributed by atoms with Crippen molar-refractivity contribution in [2.75, 3.05) is 37.7 Å². The number of hydrogen-bond acceptors (Lipinski definition) is 5. The first-order chi connectivity index (χ1) is 14.3. The van der Waals surface area contributed by atoms with E-state index in [9.17, 15) is 4.79 Å². The molecule has 6 heteroatoms. The maximum Gasteiger partial charge on any atom is 0.254 e. The van der Waals surface area contributed by atoms with Crippen molar-refractivity contribution in [3.63, 3.8) is 0 Å². The van der Waals surface area contributed by atoms with Gasteiger partial charge in [-0.25, -0.2) is 4.98 Å². The number of benzene rings is 1. The van der Waals surface area contributed by atoms with E-state index in [-0.39, 0.29) is 5.91 Å². The van der Waals surface area contributed by atoms with Crippen LogP contribution in [-0.2, 0) is 17.7 Å². The molecule has 0 N–H and O–H groups in total. The Labute approximate surface area is 171 Å². The number of fused-ring (bicyclic) bond motifs is 1. The van der Waals surface area contributed by atoms with Gasteiger partial charge >= 0.3 is 0 Å². The van der Waals surface area contributed by atoms with Gasteiger partial charge in [0.15, 0.2) is 5.89 Å². The Kier molecular flexibility index (Phi) is 5.27. The minimum Gasteiger partial charge on any atom is -0.445 e. The van der Waals surface area contributed by atoms with Crippen LogP contribution in [0.5, 0.6) is 0 Å². The van der Waals surface area contributed by atoms with Crippen molar-refractivity contribution in [2.24, 2.45) is 0 Å². The summed E-state index contributed by atoms with van der Waals surface area (Å²) in [4.78, 5) is 22.1. The lowest BCUT2D eigenvalue weighted by atomic mass is 10.0. The van der Waals surface area contributed by atoms with E-state index in [0.29, 0.717) is 19.0 Å². The Bertz CT molecular complexity index is 849. The van der Waals surface area contributed by atoms with E-state index in [1.54, 1.807) is 0 Å². The topological polar surface area (TPSA) is 58.8 Å². The molecule has 0 atom stereocenters. The maximum atomic E-state index is 13.0. The van der Waals surface area contributed by atoms with Crippen LogP contribution < -0.4 is 4.90 Å². The highest BCUT2D eigenvalue weighted by Gasteiger charge is 2.29. The van der Waals surface area contributed by atoms with Crippen LogP contribution in [0, 0.1) is 0 Å². The van der Waals surface area contributed by atoms with Crippen LogP contribution in [0.3, 0.4) is 0 Å². The van der Waals surface area contributed by atoms with Gasteiger partial charge in [-0.1, -0.05) is 0 Å². The summed E-state index contributed by atoms with van der Waals surface area (Å²) in [6.45, 7) is 5.00. The Morgan fingerprint density at radius 2 is 1.76 bits per heavy atom. The molecular formula is C23H29N3O3. The second-order valence-electron chi connectivity index (χ2n) is 8.38. The molecule has 2 saturated heterocycles. The van der Waals surface area contributed by atoms with Crippen molar-refractivity contribution in [3.05, 3.63) is 47.2 Å². The molecule has 4 heterocycles. The molecule has 6 nitrogen and oxygen atoms in total. The lowest BCUT2D eigenvalue weighted by Gasteiger charge is -2.29. The highest BCUT2D eigenvalue weighted by molar-refractivity contribution is 5.94. The largest absolute Gasteiger partial charge is 0.445 e. The van der Waals surface area contributed by atoms with Crippen molar-refractivity contribution < 1.29 is 13.9 Å². The fourth-order valence-corrected chi connectivity index (χ4v) is 4.66. The molecule has 0 aliphatic carbocycles. The minimum absolute atomic E-state index is 0.0801. The molecule has 1 amide bonds. The Morgan fingerprint density at radius 3 is 2.52 bits per heavy atom. The predicted octanol–water partition coefficient (Wildman–Crippen LogP) is 3.76. The number of carbonyl (C=O) groups excluding carboxylic acids is 1. The number of oxazole rings is 1. The van der Waals surface area contributed by atoms with Gasteiger partial charge in [0.25, 0.3) is 5.91 Å². The smallest absolute Gasteiger partial charge is 0.254 e. The molecule has 2 aromatic rings. The molecule has 3 aliphatic heterocycles. The number of aromatic nitrogens is 1. The lowest BCUT2D eigenvalue weighted by molar-refractivity contribution is 0.0726. The normalized spacial score (nSPS) is 20.6. The first-order valence-electron chi connectivity index (χ1n) is 11.0. The van der Waals surface area contributed by atoms with E-state index in [1.807, 2.05) is 17.0 Å². The molecule has 0 unspecified atom stereocenters. The van der Waals surface area contributed by atoms with Crippen LogP contribution in [0.25, 0.3) is 0 Å². The van der Waals surface area contributed by atoms with Gasteiger partial charge in [-0.05, 0) is 56.4 Å². The summed E-state index contributed by atoms with van der Waals surface area (Å²) >= 11 is 0. The highest BCUT2D eigenvalue weighted by atomic mass is 16.5. The van der Waals surface area contributed by atoms with E-state index in [0.717, 1.165) is 68.5 Å². The fourth-order valence-electron chi connectivity index (χ4n) is 4.66. The highest BCUT2D eigenvalue weighted by Crippen LogP contribution is 2.30. The first-order valence-corrected chi connectivity index (χ1v) is 11.0. The van der Waals surface area contributed by atoms with Crippen LogP contribution in [-0.4, -0.2) is 48.6 Å². The van der Waals surface area contributed by atoms with E-state index in [1.165, 1.54) is 24.9 Å². The van der Waals surface area contributed by atoms with E-state index in [4.69, 9.17) is 14.1 Å². The van der Waals surface area contributed by atoms with Crippen LogP contribution >= 0.6 is 0 Å². The SMILES string of the molecule is O=C(c1ccc(N2CCCCC2)cc1)N1CCc2oc(C3CCOCC3)nc2C1. The van der Waals surface area contributed by atoms with Gasteiger partial charge in [-0.3, -0.25) is 4.79 Å². The minimum atomic E-state index is 0.0801. The van der Waals surface area contributed by atoms with Gasteiger partial charge in [0.1, 0.15) is 11.5 Å². The number of piperidine rings is 1. The van der Waals surface area contributed by atoms with E-state index in [2.05, 4.69) is 17.0 Å². The predicted molar refractivity (Wildman–Crippen MR) is 110 cm³/mol. The molecule has 0 saturated carbocycles. The summed E-state index contributed by atoms with van der Waals surface area (Å²) in [6, 6.07) is 8.12. The molecule has 1 aromatic carbocycles. The molecule has 3 aliphatic rings. The van der Waals surface area contributed by atoms with Crippen molar-refractivity contribution in [2.45, 2.75) is 51.0 Å². The molecule has 154 valence electrons. The van der Waals surface area contributed by atoms with Crippen LogP contribution in [0.1, 0.15) is 65.7 Å². The average Bonchev–Trinajstić information content (AvgIpc) is 3.23. The Morgan fingerprint density at radius 1 is 1.00 bits per heavy atom.